The Labute approximate surface area is 143 Å². The van der Waals surface area contributed by atoms with E-state index in [2.05, 4.69) is 24.0 Å². The second-order valence-electron chi connectivity index (χ2n) is 6.24. The van der Waals surface area contributed by atoms with Crippen molar-refractivity contribution in [1.82, 2.24) is 4.90 Å². The topological polar surface area (TPSA) is 46.3 Å². The highest BCUT2D eigenvalue weighted by Gasteiger charge is 2.43. The first-order valence-electron chi connectivity index (χ1n) is 7.95. The number of likely N-dealkylation sites (tertiary alicyclic amines) is 1. The predicted molar refractivity (Wildman–Crippen MR) is 94.4 cm³/mol. The van der Waals surface area contributed by atoms with E-state index in [1.807, 2.05) is 18.2 Å². The van der Waals surface area contributed by atoms with E-state index in [1.165, 1.54) is 11.3 Å². The molecule has 122 valence electrons. The minimum Gasteiger partial charge on any atom is -0.341 e. The van der Waals surface area contributed by atoms with Gasteiger partial charge in [-0.05, 0) is 43.2 Å². The minimum atomic E-state index is 0. The number of thioether (sulfide) groups is 1. The maximum absolute atomic E-state index is 12.8. The SMILES string of the molecule is CCC(Sc1ccccc1)C(=O)N1CC2CCC(N)C2C1.Cl. The van der Waals surface area contributed by atoms with E-state index in [9.17, 15) is 4.79 Å². The third kappa shape index (κ3) is 3.61. The van der Waals surface area contributed by atoms with Crippen molar-refractivity contribution in [3.8, 4) is 0 Å². The third-order valence-electron chi connectivity index (χ3n) is 4.89. The van der Waals surface area contributed by atoms with Crippen LogP contribution in [0.3, 0.4) is 0 Å². The average Bonchev–Trinajstić information content (AvgIpc) is 3.08. The summed E-state index contributed by atoms with van der Waals surface area (Å²) in [6.07, 6.45) is 3.20. The van der Waals surface area contributed by atoms with Crippen molar-refractivity contribution in [3.63, 3.8) is 0 Å². The van der Waals surface area contributed by atoms with Gasteiger partial charge < -0.3 is 10.6 Å². The van der Waals surface area contributed by atoms with Crippen molar-refractivity contribution in [3.05, 3.63) is 30.3 Å². The Hall–Kier alpha value is -0.710. The highest BCUT2D eigenvalue weighted by atomic mass is 35.5. The summed E-state index contributed by atoms with van der Waals surface area (Å²) in [6.45, 7) is 3.89. The van der Waals surface area contributed by atoms with Crippen LogP contribution >= 0.6 is 24.2 Å². The van der Waals surface area contributed by atoms with E-state index >= 15 is 0 Å². The van der Waals surface area contributed by atoms with E-state index < -0.39 is 0 Å². The second-order valence-corrected chi connectivity index (χ2v) is 7.51. The molecule has 1 amide bonds. The molecule has 0 radical (unpaired) electrons. The fraction of sp³-hybridized carbons (Fsp3) is 0.588. The van der Waals surface area contributed by atoms with Crippen LogP contribution in [0.15, 0.2) is 35.2 Å². The van der Waals surface area contributed by atoms with Gasteiger partial charge in [-0.25, -0.2) is 0 Å². The fourth-order valence-electron chi connectivity index (χ4n) is 3.66. The molecule has 1 aromatic rings. The number of rotatable bonds is 4. The lowest BCUT2D eigenvalue weighted by molar-refractivity contribution is -0.129. The molecule has 4 atom stereocenters. The van der Waals surface area contributed by atoms with Crippen LogP contribution in [0.2, 0.25) is 0 Å². The van der Waals surface area contributed by atoms with E-state index in [1.54, 1.807) is 11.8 Å². The summed E-state index contributed by atoms with van der Waals surface area (Å²) in [7, 11) is 0. The second kappa shape index (κ2) is 7.71. The van der Waals surface area contributed by atoms with Gasteiger partial charge in [0.25, 0.3) is 0 Å². The van der Waals surface area contributed by atoms with Crippen LogP contribution in [-0.4, -0.2) is 35.2 Å². The van der Waals surface area contributed by atoms with Crippen LogP contribution in [-0.2, 0) is 4.79 Å². The van der Waals surface area contributed by atoms with Gasteiger partial charge in [0.1, 0.15) is 0 Å². The molecule has 4 unspecified atom stereocenters. The van der Waals surface area contributed by atoms with Crippen molar-refractivity contribution in [2.24, 2.45) is 17.6 Å². The fourth-order valence-corrected chi connectivity index (χ4v) is 4.72. The standard InChI is InChI=1S/C17H24N2OS.ClH/c1-2-16(21-13-6-4-3-5-7-13)17(20)19-10-12-8-9-15(18)14(12)11-19;/h3-7,12,14-16H,2,8-11,18H2,1H3;1H. The molecule has 0 spiro atoms. The summed E-state index contributed by atoms with van der Waals surface area (Å²) in [5.74, 6) is 1.48. The van der Waals surface area contributed by atoms with Crippen LogP contribution in [0.1, 0.15) is 26.2 Å². The molecule has 3 rings (SSSR count). The molecule has 0 bridgehead atoms. The molecular weight excluding hydrogens is 316 g/mol. The lowest BCUT2D eigenvalue weighted by Crippen LogP contribution is -2.38. The predicted octanol–water partition coefficient (Wildman–Crippen LogP) is 3.17. The zero-order chi connectivity index (χ0) is 14.8. The van der Waals surface area contributed by atoms with Gasteiger partial charge in [-0.3, -0.25) is 4.79 Å². The number of nitrogens with two attached hydrogens (primary N) is 1. The minimum absolute atomic E-state index is 0. The van der Waals surface area contributed by atoms with Crippen molar-refractivity contribution < 1.29 is 4.79 Å². The van der Waals surface area contributed by atoms with Gasteiger partial charge in [0.2, 0.25) is 5.91 Å². The van der Waals surface area contributed by atoms with Crippen molar-refractivity contribution in [1.29, 1.82) is 0 Å². The van der Waals surface area contributed by atoms with Crippen molar-refractivity contribution in [2.75, 3.05) is 13.1 Å². The van der Waals surface area contributed by atoms with Gasteiger partial charge in [0.05, 0.1) is 5.25 Å². The van der Waals surface area contributed by atoms with Crippen LogP contribution < -0.4 is 5.73 Å². The Bertz CT molecular complexity index is 499. The normalized spacial score (nSPS) is 28.1. The number of nitrogens with zero attached hydrogens (tertiary/aromatic N) is 1. The molecule has 1 aliphatic heterocycles. The molecule has 2 aliphatic rings. The number of amides is 1. The van der Waals surface area contributed by atoms with Gasteiger partial charge in [-0.2, -0.15) is 0 Å². The van der Waals surface area contributed by atoms with Crippen molar-refractivity contribution in [2.45, 2.75) is 42.4 Å². The number of halogens is 1. The molecule has 3 nitrogen and oxygen atoms in total. The van der Waals surface area contributed by atoms with Gasteiger partial charge in [-0.15, -0.1) is 24.2 Å². The number of hydrogen-bond donors (Lipinski definition) is 1. The number of benzene rings is 1. The maximum atomic E-state index is 12.8. The maximum Gasteiger partial charge on any atom is 0.236 e. The Morgan fingerprint density at radius 3 is 2.68 bits per heavy atom. The molecule has 0 aromatic heterocycles. The molecule has 1 aliphatic carbocycles. The molecule has 1 saturated heterocycles. The lowest BCUT2D eigenvalue weighted by Gasteiger charge is -2.23. The quantitative estimate of drug-likeness (QED) is 0.856. The Morgan fingerprint density at radius 2 is 2.05 bits per heavy atom. The number of carbonyl (C=O) groups excluding carboxylic acids is 1. The van der Waals surface area contributed by atoms with Gasteiger partial charge in [-0.1, -0.05) is 25.1 Å². The Balaban J connectivity index is 0.00000176. The largest absolute Gasteiger partial charge is 0.341 e. The summed E-state index contributed by atoms with van der Waals surface area (Å²) < 4.78 is 0. The molecular formula is C17H25ClN2OS. The zero-order valence-corrected chi connectivity index (χ0v) is 14.6. The molecule has 1 aromatic carbocycles. The van der Waals surface area contributed by atoms with Crippen LogP contribution in [0, 0.1) is 11.8 Å². The van der Waals surface area contributed by atoms with E-state index in [0.29, 0.717) is 23.8 Å². The summed E-state index contributed by atoms with van der Waals surface area (Å²) in [6, 6.07) is 10.5. The first-order valence-corrected chi connectivity index (χ1v) is 8.83. The zero-order valence-electron chi connectivity index (χ0n) is 13.0. The third-order valence-corrected chi connectivity index (χ3v) is 6.26. The number of hydrogen-bond acceptors (Lipinski definition) is 3. The summed E-state index contributed by atoms with van der Waals surface area (Å²) in [5.41, 5.74) is 6.17. The van der Waals surface area contributed by atoms with Crippen LogP contribution in [0.5, 0.6) is 0 Å². The highest BCUT2D eigenvalue weighted by molar-refractivity contribution is 8.00. The van der Waals surface area contributed by atoms with E-state index in [-0.39, 0.29) is 17.7 Å². The van der Waals surface area contributed by atoms with Crippen LogP contribution in [0.4, 0.5) is 0 Å². The van der Waals surface area contributed by atoms with Gasteiger partial charge >= 0.3 is 0 Å². The lowest BCUT2D eigenvalue weighted by atomic mass is 9.98. The Morgan fingerprint density at radius 1 is 1.32 bits per heavy atom. The molecule has 22 heavy (non-hydrogen) atoms. The van der Waals surface area contributed by atoms with E-state index in [4.69, 9.17) is 5.73 Å². The number of fused-ring (bicyclic) bond motifs is 1. The highest BCUT2D eigenvalue weighted by Crippen LogP contribution is 2.38. The molecule has 5 heteroatoms. The monoisotopic (exact) mass is 340 g/mol. The van der Waals surface area contributed by atoms with Gasteiger partial charge in [0.15, 0.2) is 0 Å². The first kappa shape index (κ1) is 17.6. The van der Waals surface area contributed by atoms with E-state index in [0.717, 1.165) is 25.9 Å². The smallest absolute Gasteiger partial charge is 0.236 e. The molecule has 2 N–H and O–H groups in total. The molecule has 1 saturated carbocycles. The van der Waals surface area contributed by atoms with Crippen LogP contribution in [0.25, 0.3) is 0 Å². The van der Waals surface area contributed by atoms with Crippen molar-refractivity contribution >= 4 is 30.1 Å². The summed E-state index contributed by atoms with van der Waals surface area (Å²) in [4.78, 5) is 16.0. The Kier molecular flexibility index (Phi) is 6.18. The summed E-state index contributed by atoms with van der Waals surface area (Å²) in [5, 5.41) is 0.0300. The molecule has 2 fully saturated rings. The van der Waals surface area contributed by atoms with Gasteiger partial charge in [0, 0.05) is 24.0 Å². The summed E-state index contributed by atoms with van der Waals surface area (Å²) >= 11 is 1.69. The first-order chi connectivity index (χ1) is 10.2. The molecule has 1 heterocycles. The number of carbonyl (C=O) groups is 1. The average molecular weight is 341 g/mol.